The number of hydrogen-bond donors (Lipinski definition) is 1. The van der Waals surface area contributed by atoms with Gasteiger partial charge in [0, 0.05) is 44.8 Å². The summed E-state index contributed by atoms with van der Waals surface area (Å²) in [5.41, 5.74) is 2.24. The van der Waals surface area contributed by atoms with Crippen LogP contribution in [0.25, 0.3) is 0 Å². The average molecular weight is 257 g/mol. The Morgan fingerprint density at radius 1 is 1.21 bits per heavy atom. The van der Waals surface area contributed by atoms with Crippen molar-refractivity contribution >= 4 is 11.8 Å². The minimum Gasteiger partial charge on any atom is -0.359 e. The molecule has 2 rings (SSSR count). The van der Waals surface area contributed by atoms with E-state index in [1.54, 1.807) is 0 Å². The van der Waals surface area contributed by atoms with E-state index >= 15 is 0 Å². The Hall–Kier alpha value is -2.17. The summed E-state index contributed by atoms with van der Waals surface area (Å²) in [6, 6.07) is 6.07. The second kappa shape index (κ2) is 6.13. The fourth-order valence-corrected chi connectivity index (χ4v) is 1.82. The predicted molar refractivity (Wildman–Crippen MR) is 77.5 cm³/mol. The van der Waals surface area contributed by atoms with Crippen molar-refractivity contribution in [1.29, 1.82) is 0 Å². The molecule has 2 aromatic heterocycles. The van der Waals surface area contributed by atoms with Crippen molar-refractivity contribution in [1.82, 2.24) is 15.0 Å². The number of likely N-dealkylation sites (N-methyl/N-ethyl adjacent to an activating group) is 1. The minimum atomic E-state index is 0.658. The Labute approximate surface area is 113 Å². The van der Waals surface area contributed by atoms with Crippen LogP contribution in [0.1, 0.15) is 11.3 Å². The van der Waals surface area contributed by atoms with Gasteiger partial charge in [-0.2, -0.15) is 4.98 Å². The van der Waals surface area contributed by atoms with Gasteiger partial charge in [-0.05, 0) is 31.0 Å². The van der Waals surface area contributed by atoms with Crippen LogP contribution in [0.3, 0.4) is 0 Å². The van der Waals surface area contributed by atoms with Crippen molar-refractivity contribution in [3.8, 4) is 0 Å². The monoisotopic (exact) mass is 257 g/mol. The average Bonchev–Trinajstić information content (AvgIpc) is 2.45. The van der Waals surface area contributed by atoms with Crippen LogP contribution in [0.2, 0.25) is 0 Å². The lowest BCUT2D eigenvalue weighted by atomic mass is 10.2. The van der Waals surface area contributed by atoms with Crippen molar-refractivity contribution < 1.29 is 0 Å². The Morgan fingerprint density at radius 3 is 2.63 bits per heavy atom. The fraction of sp³-hybridized carbons (Fsp3) is 0.357. The van der Waals surface area contributed by atoms with E-state index in [4.69, 9.17) is 0 Å². The maximum absolute atomic E-state index is 4.46. The van der Waals surface area contributed by atoms with Gasteiger partial charge in [0.15, 0.2) is 0 Å². The summed E-state index contributed by atoms with van der Waals surface area (Å²) in [5.74, 6) is 1.59. The summed E-state index contributed by atoms with van der Waals surface area (Å²) >= 11 is 0. The third-order valence-corrected chi connectivity index (χ3v) is 2.94. The molecule has 2 heterocycles. The number of anilines is 2. The lowest BCUT2D eigenvalue weighted by Crippen LogP contribution is -2.22. The van der Waals surface area contributed by atoms with Crippen LogP contribution in [0.4, 0.5) is 11.8 Å². The van der Waals surface area contributed by atoms with Crippen LogP contribution in [-0.4, -0.2) is 35.6 Å². The number of aryl methyl sites for hydroxylation is 1. The van der Waals surface area contributed by atoms with Crippen LogP contribution < -0.4 is 10.2 Å². The van der Waals surface area contributed by atoms with Crippen molar-refractivity contribution in [2.24, 2.45) is 0 Å². The van der Waals surface area contributed by atoms with Crippen molar-refractivity contribution in [3.05, 3.63) is 41.9 Å². The zero-order chi connectivity index (χ0) is 13.7. The summed E-state index contributed by atoms with van der Waals surface area (Å²) in [4.78, 5) is 14.9. The molecular formula is C14H19N5. The minimum absolute atomic E-state index is 0.658. The highest BCUT2D eigenvalue weighted by atomic mass is 15.2. The van der Waals surface area contributed by atoms with Crippen molar-refractivity contribution in [3.63, 3.8) is 0 Å². The molecule has 0 fully saturated rings. The van der Waals surface area contributed by atoms with Crippen LogP contribution in [-0.2, 0) is 6.42 Å². The number of aromatic nitrogens is 3. The van der Waals surface area contributed by atoms with Crippen LogP contribution in [0.5, 0.6) is 0 Å². The maximum atomic E-state index is 4.46. The van der Waals surface area contributed by atoms with E-state index in [0.717, 1.165) is 24.5 Å². The first-order valence-corrected chi connectivity index (χ1v) is 6.32. The second-order valence-corrected chi connectivity index (χ2v) is 4.47. The van der Waals surface area contributed by atoms with E-state index in [-0.39, 0.29) is 0 Å². The molecule has 0 unspecified atom stereocenters. The molecular weight excluding hydrogens is 238 g/mol. The third-order valence-electron chi connectivity index (χ3n) is 2.94. The third kappa shape index (κ3) is 3.64. The van der Waals surface area contributed by atoms with Crippen LogP contribution >= 0.6 is 0 Å². The molecule has 19 heavy (non-hydrogen) atoms. The molecule has 0 radical (unpaired) electrons. The van der Waals surface area contributed by atoms with E-state index in [1.807, 2.05) is 51.6 Å². The number of nitrogens with one attached hydrogen (secondary N) is 1. The highest BCUT2D eigenvalue weighted by Gasteiger charge is 2.06. The highest BCUT2D eigenvalue weighted by molar-refractivity contribution is 5.44. The van der Waals surface area contributed by atoms with Crippen LogP contribution in [0, 0.1) is 6.92 Å². The molecule has 5 heteroatoms. The van der Waals surface area contributed by atoms with Crippen molar-refractivity contribution in [2.45, 2.75) is 13.3 Å². The summed E-state index contributed by atoms with van der Waals surface area (Å²) in [7, 11) is 3.87. The Bertz CT molecular complexity index is 527. The first kappa shape index (κ1) is 13.3. The Balaban J connectivity index is 2.03. The molecule has 0 amide bonds. The fourth-order valence-electron chi connectivity index (χ4n) is 1.82. The topological polar surface area (TPSA) is 53.9 Å². The molecule has 0 bridgehead atoms. The molecule has 5 nitrogen and oxygen atoms in total. The van der Waals surface area contributed by atoms with Gasteiger partial charge in [0.05, 0.1) is 0 Å². The Morgan fingerprint density at radius 2 is 1.95 bits per heavy atom. The predicted octanol–water partition coefficient (Wildman–Crippen LogP) is 1.90. The van der Waals surface area contributed by atoms with E-state index in [0.29, 0.717) is 5.95 Å². The zero-order valence-electron chi connectivity index (χ0n) is 11.6. The van der Waals surface area contributed by atoms with Crippen LogP contribution in [0.15, 0.2) is 30.6 Å². The lowest BCUT2D eigenvalue weighted by molar-refractivity contribution is 0.852. The molecule has 2 aromatic rings. The number of rotatable bonds is 5. The van der Waals surface area contributed by atoms with Gasteiger partial charge in [0.2, 0.25) is 5.95 Å². The summed E-state index contributed by atoms with van der Waals surface area (Å²) < 4.78 is 0. The normalized spacial score (nSPS) is 10.3. The van der Waals surface area contributed by atoms with Gasteiger partial charge >= 0.3 is 0 Å². The molecule has 1 N–H and O–H groups in total. The molecule has 0 spiro atoms. The number of pyridine rings is 1. The SMILES string of the molecule is CNc1nc(C)cc(N(C)CCc2ccncc2)n1. The number of hydrogen-bond acceptors (Lipinski definition) is 5. The van der Waals surface area contributed by atoms with Gasteiger partial charge < -0.3 is 10.2 Å². The standard InChI is InChI=1S/C14H19N5/c1-11-10-13(18-14(15-2)17-11)19(3)9-6-12-4-7-16-8-5-12/h4-5,7-8,10H,6,9H2,1-3H3,(H,15,17,18). The maximum Gasteiger partial charge on any atom is 0.224 e. The zero-order valence-corrected chi connectivity index (χ0v) is 11.6. The van der Waals surface area contributed by atoms with Gasteiger partial charge in [-0.15, -0.1) is 0 Å². The van der Waals surface area contributed by atoms with Gasteiger partial charge in [0.25, 0.3) is 0 Å². The number of nitrogens with zero attached hydrogens (tertiary/aromatic N) is 4. The molecule has 100 valence electrons. The molecule has 0 saturated carbocycles. The van der Waals surface area contributed by atoms with E-state index in [1.165, 1.54) is 5.56 Å². The molecule has 0 aliphatic rings. The Kier molecular flexibility index (Phi) is 4.28. The van der Waals surface area contributed by atoms with Crippen molar-refractivity contribution in [2.75, 3.05) is 30.9 Å². The summed E-state index contributed by atoms with van der Waals surface area (Å²) in [6.07, 6.45) is 4.61. The van der Waals surface area contributed by atoms with E-state index in [9.17, 15) is 0 Å². The highest BCUT2D eigenvalue weighted by Crippen LogP contribution is 2.13. The second-order valence-electron chi connectivity index (χ2n) is 4.47. The molecule has 0 aliphatic heterocycles. The van der Waals surface area contributed by atoms with Gasteiger partial charge in [-0.1, -0.05) is 0 Å². The smallest absolute Gasteiger partial charge is 0.224 e. The lowest BCUT2D eigenvalue weighted by Gasteiger charge is -2.19. The molecule has 0 aromatic carbocycles. The molecule has 0 atom stereocenters. The molecule has 0 aliphatic carbocycles. The summed E-state index contributed by atoms with van der Waals surface area (Å²) in [6.45, 7) is 2.88. The van der Waals surface area contributed by atoms with E-state index in [2.05, 4.69) is 25.2 Å². The molecule has 0 saturated heterocycles. The quantitative estimate of drug-likeness (QED) is 0.886. The van der Waals surface area contributed by atoms with Gasteiger partial charge in [-0.25, -0.2) is 4.98 Å². The van der Waals surface area contributed by atoms with Gasteiger partial charge in [0.1, 0.15) is 5.82 Å². The first-order chi connectivity index (χ1) is 9.19. The largest absolute Gasteiger partial charge is 0.359 e. The van der Waals surface area contributed by atoms with E-state index < -0.39 is 0 Å². The van der Waals surface area contributed by atoms with Gasteiger partial charge in [-0.3, -0.25) is 4.98 Å². The summed E-state index contributed by atoms with van der Waals surface area (Å²) in [5, 5.41) is 2.98. The first-order valence-electron chi connectivity index (χ1n) is 6.32.